The molecule has 0 bridgehead atoms. The zero-order valence-electron chi connectivity index (χ0n) is 25.6. The molecule has 4 atom stereocenters. The molecule has 0 unspecified atom stereocenters. The maximum Gasteiger partial charge on any atom is 0.305 e. The van der Waals surface area contributed by atoms with E-state index < -0.39 is 72.6 Å². The molecular weight excluding hydrogens is 610 g/mol. The molecule has 10 N–H and O–H groups in total. The largest absolute Gasteiger partial charge is 0.481 e. The molecule has 0 saturated heterocycles. The number of benzene rings is 2. The van der Waals surface area contributed by atoms with Crippen molar-refractivity contribution in [3.8, 4) is 0 Å². The fourth-order valence-corrected chi connectivity index (χ4v) is 4.62. The van der Waals surface area contributed by atoms with Crippen molar-refractivity contribution in [2.45, 2.75) is 62.7 Å². The molecule has 0 saturated carbocycles. The number of carboxylic acids is 2. The van der Waals surface area contributed by atoms with E-state index in [9.17, 15) is 28.8 Å². The molecule has 2 aromatic carbocycles. The Kier molecular flexibility index (Phi) is 13.7. The second kappa shape index (κ2) is 17.9. The van der Waals surface area contributed by atoms with Gasteiger partial charge in [-0.1, -0.05) is 48.5 Å². The van der Waals surface area contributed by atoms with Gasteiger partial charge < -0.3 is 42.9 Å². The monoisotopic (exact) mass is 649 g/mol. The summed E-state index contributed by atoms with van der Waals surface area (Å²) in [6, 6.07) is 13.4. The summed E-state index contributed by atoms with van der Waals surface area (Å²) in [6.45, 7) is -0.0140. The first-order valence-corrected chi connectivity index (χ1v) is 15.0. The van der Waals surface area contributed by atoms with Gasteiger partial charge >= 0.3 is 11.9 Å². The highest BCUT2D eigenvalue weighted by molar-refractivity contribution is 5.99. The number of hydrogen-bond acceptors (Lipinski definition) is 9. The Labute approximate surface area is 270 Å². The first-order chi connectivity index (χ1) is 22.4. The third-order valence-corrected chi connectivity index (χ3v) is 7.12. The van der Waals surface area contributed by atoms with Gasteiger partial charge in [-0.2, -0.15) is 0 Å². The zero-order valence-corrected chi connectivity index (χ0v) is 25.6. The van der Waals surface area contributed by atoms with E-state index >= 15 is 0 Å². The van der Waals surface area contributed by atoms with Gasteiger partial charge in [0.05, 0.1) is 42.3 Å². The summed E-state index contributed by atoms with van der Waals surface area (Å²) in [5.41, 5.74) is 13.3. The average molecular weight is 650 g/mol. The molecule has 3 rings (SSSR count). The predicted octanol–water partition coefficient (Wildman–Crippen LogP) is 0.276. The molecule has 0 radical (unpaired) electrons. The van der Waals surface area contributed by atoms with Gasteiger partial charge in [-0.3, -0.25) is 33.8 Å². The van der Waals surface area contributed by atoms with Crippen molar-refractivity contribution < 1.29 is 39.0 Å². The average Bonchev–Trinajstić information content (AvgIpc) is 3.03. The molecule has 0 aliphatic rings. The Morgan fingerprint density at radius 1 is 0.723 bits per heavy atom. The number of amides is 4. The fraction of sp³-hybridized carbons (Fsp3) is 0.344. The predicted molar refractivity (Wildman–Crippen MR) is 172 cm³/mol. The van der Waals surface area contributed by atoms with E-state index in [4.69, 9.17) is 21.7 Å². The summed E-state index contributed by atoms with van der Waals surface area (Å²) in [7, 11) is 0. The molecule has 3 aromatic rings. The fourth-order valence-electron chi connectivity index (χ4n) is 4.62. The molecule has 4 amide bonds. The van der Waals surface area contributed by atoms with Gasteiger partial charge in [-0.05, 0) is 43.4 Å². The van der Waals surface area contributed by atoms with Gasteiger partial charge in [0.25, 0.3) is 0 Å². The van der Waals surface area contributed by atoms with Crippen LogP contribution in [0.5, 0.6) is 0 Å². The molecule has 47 heavy (non-hydrogen) atoms. The number of rotatable bonds is 18. The van der Waals surface area contributed by atoms with Crippen LogP contribution in [0.2, 0.25) is 0 Å². The normalized spacial score (nSPS) is 13.4. The van der Waals surface area contributed by atoms with Crippen LogP contribution in [-0.2, 0) is 35.2 Å². The number of carboxylic acid groups (broad SMARTS) is 2. The lowest BCUT2D eigenvalue weighted by Gasteiger charge is -2.24. The summed E-state index contributed by atoms with van der Waals surface area (Å²) in [5, 5.41) is 29.1. The van der Waals surface area contributed by atoms with Crippen molar-refractivity contribution in [3.05, 3.63) is 72.4 Å². The smallest absolute Gasteiger partial charge is 0.305 e. The van der Waals surface area contributed by atoms with Crippen molar-refractivity contribution in [3.63, 3.8) is 0 Å². The standard InChI is InChI=1S/C32H39N7O8/c33-22(16-27(40)41)29(44)35-14-6-11-25(38-30(45)23(34)17-28(42)43)32(47)39-26(13-12-19-7-2-1-3-8-19)31(46)37-21-15-20-9-4-5-10-24(20)36-18-21/h1-5,7-10,15,18,22-23,25-26H,6,11-14,16-17,33-34H2,(H,35,44)(H,37,46)(H,38,45)(H,39,47)(H,40,41)(H,42,43)/t22-,23-,25-,26+/m0/s1. The van der Waals surface area contributed by atoms with Gasteiger partial charge in [0.2, 0.25) is 23.6 Å². The number of carbonyl (C=O) groups excluding carboxylic acids is 4. The van der Waals surface area contributed by atoms with E-state index in [0.717, 1.165) is 16.5 Å². The molecular formula is C32H39N7O8. The van der Waals surface area contributed by atoms with Crippen molar-refractivity contribution in [1.82, 2.24) is 20.9 Å². The van der Waals surface area contributed by atoms with E-state index in [1.807, 2.05) is 54.6 Å². The SMILES string of the molecule is N[C@@H](CC(=O)O)C(=O)NCCC[C@H](NC(=O)[C@@H](N)CC(=O)O)C(=O)N[C@H](CCc1ccccc1)C(=O)Nc1cnc2ccccc2c1. The number of para-hydroxylation sites is 1. The summed E-state index contributed by atoms with van der Waals surface area (Å²) >= 11 is 0. The number of pyridine rings is 1. The number of hydrogen-bond donors (Lipinski definition) is 8. The highest BCUT2D eigenvalue weighted by atomic mass is 16.4. The molecule has 1 heterocycles. The van der Waals surface area contributed by atoms with E-state index in [2.05, 4.69) is 26.3 Å². The first-order valence-electron chi connectivity index (χ1n) is 15.0. The van der Waals surface area contributed by atoms with Gasteiger partial charge in [0.15, 0.2) is 0 Å². The summed E-state index contributed by atoms with van der Waals surface area (Å²) in [6.07, 6.45) is 0.947. The van der Waals surface area contributed by atoms with Crippen LogP contribution in [0.25, 0.3) is 10.9 Å². The molecule has 15 heteroatoms. The number of aromatic nitrogens is 1. The lowest BCUT2D eigenvalue weighted by atomic mass is 10.0. The Bertz CT molecular complexity index is 1570. The third kappa shape index (κ3) is 12.1. The molecule has 250 valence electrons. The number of aryl methyl sites for hydroxylation is 1. The number of nitrogens with one attached hydrogen (secondary N) is 4. The van der Waals surface area contributed by atoms with E-state index in [0.29, 0.717) is 12.1 Å². The number of aliphatic carboxylic acids is 2. The molecule has 0 aliphatic heterocycles. The number of carbonyl (C=O) groups is 6. The van der Waals surface area contributed by atoms with Crippen molar-refractivity contribution >= 4 is 52.2 Å². The van der Waals surface area contributed by atoms with E-state index in [-0.39, 0.29) is 25.8 Å². The highest BCUT2D eigenvalue weighted by Gasteiger charge is 2.29. The van der Waals surface area contributed by atoms with Gasteiger partial charge in [0.1, 0.15) is 12.1 Å². The Morgan fingerprint density at radius 3 is 2.00 bits per heavy atom. The van der Waals surface area contributed by atoms with Crippen LogP contribution in [-0.4, -0.2) is 81.5 Å². The van der Waals surface area contributed by atoms with Crippen LogP contribution in [0.1, 0.15) is 37.7 Å². The topological polar surface area (TPSA) is 256 Å². The zero-order chi connectivity index (χ0) is 34.3. The number of fused-ring (bicyclic) bond motifs is 1. The minimum Gasteiger partial charge on any atom is -0.481 e. The summed E-state index contributed by atoms with van der Waals surface area (Å²) in [4.78, 5) is 78.2. The van der Waals surface area contributed by atoms with Crippen LogP contribution in [0.4, 0.5) is 5.69 Å². The minimum absolute atomic E-state index is 0.0140. The van der Waals surface area contributed by atoms with Crippen molar-refractivity contribution in [2.75, 3.05) is 11.9 Å². The first kappa shape index (κ1) is 36.1. The van der Waals surface area contributed by atoms with Gasteiger partial charge in [-0.15, -0.1) is 0 Å². The van der Waals surface area contributed by atoms with Crippen LogP contribution in [0.15, 0.2) is 66.9 Å². The lowest BCUT2D eigenvalue weighted by molar-refractivity contribution is -0.140. The minimum atomic E-state index is -1.45. The van der Waals surface area contributed by atoms with E-state index in [1.54, 1.807) is 6.07 Å². The van der Waals surface area contributed by atoms with Crippen LogP contribution >= 0.6 is 0 Å². The second-order valence-corrected chi connectivity index (χ2v) is 10.9. The van der Waals surface area contributed by atoms with Crippen LogP contribution < -0.4 is 32.7 Å². The van der Waals surface area contributed by atoms with Crippen molar-refractivity contribution in [2.24, 2.45) is 11.5 Å². The maximum absolute atomic E-state index is 13.6. The number of nitrogens with zero attached hydrogens (tertiary/aromatic N) is 1. The molecule has 0 spiro atoms. The summed E-state index contributed by atoms with van der Waals surface area (Å²) < 4.78 is 0. The number of anilines is 1. The quantitative estimate of drug-likeness (QED) is 0.0868. The number of nitrogens with two attached hydrogens (primary N) is 2. The Morgan fingerprint density at radius 2 is 1.32 bits per heavy atom. The lowest BCUT2D eigenvalue weighted by Crippen LogP contribution is -2.55. The Hall–Kier alpha value is -5.41. The van der Waals surface area contributed by atoms with Crippen molar-refractivity contribution in [1.29, 1.82) is 0 Å². The third-order valence-electron chi connectivity index (χ3n) is 7.12. The Balaban J connectivity index is 1.75. The van der Waals surface area contributed by atoms with Gasteiger partial charge in [-0.25, -0.2) is 0 Å². The van der Waals surface area contributed by atoms with Crippen LogP contribution in [0.3, 0.4) is 0 Å². The molecule has 0 fully saturated rings. The second-order valence-electron chi connectivity index (χ2n) is 10.9. The molecule has 1 aromatic heterocycles. The summed E-state index contributed by atoms with van der Waals surface area (Å²) in [5.74, 6) is -5.42. The molecule has 15 nitrogen and oxygen atoms in total. The highest BCUT2D eigenvalue weighted by Crippen LogP contribution is 2.17. The van der Waals surface area contributed by atoms with E-state index in [1.165, 1.54) is 6.20 Å². The van der Waals surface area contributed by atoms with Crippen LogP contribution in [0, 0.1) is 0 Å². The maximum atomic E-state index is 13.6. The molecule has 0 aliphatic carbocycles. The van der Waals surface area contributed by atoms with Gasteiger partial charge in [0, 0.05) is 11.9 Å².